The summed E-state index contributed by atoms with van der Waals surface area (Å²) in [4.78, 5) is 19.0. The SMILES string of the molecule is C#CCOC1CCCN(Cc2c(OC)cc(-c3cn(C)c(=O)c4cnccc34)cc2OC)C1. The molecule has 1 saturated heterocycles. The normalized spacial score (nSPS) is 16.5. The van der Waals surface area contributed by atoms with Crippen LogP contribution in [0.25, 0.3) is 21.9 Å². The number of aromatic nitrogens is 2. The zero-order valence-electron chi connectivity index (χ0n) is 19.3. The van der Waals surface area contributed by atoms with Crippen LogP contribution in [0.4, 0.5) is 0 Å². The molecule has 0 bridgehead atoms. The van der Waals surface area contributed by atoms with Gasteiger partial charge in [0.25, 0.3) is 5.56 Å². The second kappa shape index (κ2) is 10.1. The van der Waals surface area contributed by atoms with Crippen LogP contribution in [0, 0.1) is 12.3 Å². The maximum absolute atomic E-state index is 12.6. The molecule has 1 aliphatic heterocycles. The molecule has 3 heterocycles. The molecule has 0 N–H and O–H groups in total. The number of pyridine rings is 2. The zero-order chi connectivity index (χ0) is 23.4. The van der Waals surface area contributed by atoms with E-state index in [2.05, 4.69) is 15.8 Å². The Morgan fingerprint density at radius 3 is 2.67 bits per heavy atom. The lowest BCUT2D eigenvalue weighted by Gasteiger charge is -2.33. The van der Waals surface area contributed by atoms with Gasteiger partial charge in [-0.15, -0.1) is 6.42 Å². The molecule has 4 rings (SSSR count). The van der Waals surface area contributed by atoms with Gasteiger partial charge in [0.15, 0.2) is 0 Å². The number of terminal acetylenes is 1. The van der Waals surface area contributed by atoms with E-state index in [-0.39, 0.29) is 11.7 Å². The first kappa shape index (κ1) is 22.8. The molecular weight excluding hydrogens is 418 g/mol. The van der Waals surface area contributed by atoms with Crippen LogP contribution in [0.1, 0.15) is 18.4 Å². The number of ether oxygens (including phenoxy) is 3. The fraction of sp³-hybridized carbons (Fsp3) is 0.385. The highest BCUT2D eigenvalue weighted by Crippen LogP contribution is 2.38. The molecule has 2 aromatic heterocycles. The van der Waals surface area contributed by atoms with Crippen molar-refractivity contribution in [2.45, 2.75) is 25.5 Å². The maximum atomic E-state index is 12.6. The first-order valence-corrected chi connectivity index (χ1v) is 11.0. The summed E-state index contributed by atoms with van der Waals surface area (Å²) in [5.41, 5.74) is 2.73. The van der Waals surface area contributed by atoms with Crippen LogP contribution in [-0.2, 0) is 18.3 Å². The highest BCUT2D eigenvalue weighted by molar-refractivity contribution is 5.95. The molecule has 3 aromatic rings. The smallest absolute Gasteiger partial charge is 0.259 e. The van der Waals surface area contributed by atoms with Gasteiger partial charge in [-0.05, 0) is 48.5 Å². The van der Waals surface area contributed by atoms with Gasteiger partial charge in [-0.3, -0.25) is 14.7 Å². The van der Waals surface area contributed by atoms with Crippen molar-refractivity contribution in [3.63, 3.8) is 0 Å². The molecule has 0 amide bonds. The molecule has 172 valence electrons. The van der Waals surface area contributed by atoms with Crippen molar-refractivity contribution in [3.05, 3.63) is 52.7 Å². The van der Waals surface area contributed by atoms with Crippen LogP contribution in [0.15, 0.2) is 41.6 Å². The summed E-state index contributed by atoms with van der Waals surface area (Å²) < 4.78 is 19.0. The van der Waals surface area contributed by atoms with Gasteiger partial charge in [0.1, 0.15) is 18.1 Å². The number of fused-ring (bicyclic) bond motifs is 1. The second-order valence-electron chi connectivity index (χ2n) is 8.25. The van der Waals surface area contributed by atoms with Crippen molar-refractivity contribution in [3.8, 4) is 35.0 Å². The average molecular weight is 448 g/mol. The van der Waals surface area contributed by atoms with Crippen molar-refractivity contribution < 1.29 is 14.2 Å². The number of hydrogen-bond donors (Lipinski definition) is 0. The quantitative estimate of drug-likeness (QED) is 0.518. The number of piperidine rings is 1. The lowest BCUT2D eigenvalue weighted by Crippen LogP contribution is -2.39. The Kier molecular flexibility index (Phi) is 6.97. The first-order chi connectivity index (χ1) is 16.0. The number of nitrogens with zero attached hydrogens (tertiary/aromatic N) is 3. The summed E-state index contributed by atoms with van der Waals surface area (Å²) in [6.45, 7) is 2.81. The van der Waals surface area contributed by atoms with Crippen molar-refractivity contribution in [1.29, 1.82) is 0 Å². The summed E-state index contributed by atoms with van der Waals surface area (Å²) in [6.07, 6.45) is 12.7. The standard InChI is InChI=1S/C26H29N3O4/c1-5-11-33-19-7-6-10-29(15-19)17-23-24(31-3)12-18(13-25(23)32-4)22-16-28(2)26(30)21-14-27-9-8-20(21)22/h1,8-9,12-14,16,19H,6-7,10-11,15,17H2,2-4H3. The first-order valence-electron chi connectivity index (χ1n) is 11.0. The summed E-state index contributed by atoms with van der Waals surface area (Å²) >= 11 is 0. The van der Waals surface area contributed by atoms with Crippen molar-refractivity contribution >= 4 is 10.8 Å². The fourth-order valence-electron chi connectivity index (χ4n) is 4.52. The third kappa shape index (κ3) is 4.72. The van der Waals surface area contributed by atoms with Crippen LogP contribution in [0.2, 0.25) is 0 Å². The Morgan fingerprint density at radius 1 is 1.21 bits per heavy atom. The van der Waals surface area contributed by atoms with Crippen molar-refractivity contribution in [2.75, 3.05) is 33.9 Å². The summed E-state index contributed by atoms with van der Waals surface area (Å²) in [5.74, 6) is 4.04. The van der Waals surface area contributed by atoms with Gasteiger partial charge < -0.3 is 18.8 Å². The number of likely N-dealkylation sites (tertiary alicyclic amines) is 1. The number of aryl methyl sites for hydroxylation is 1. The zero-order valence-corrected chi connectivity index (χ0v) is 19.3. The largest absolute Gasteiger partial charge is 0.496 e. The van der Waals surface area contributed by atoms with Crippen molar-refractivity contribution in [1.82, 2.24) is 14.5 Å². The summed E-state index contributed by atoms with van der Waals surface area (Å²) in [7, 11) is 5.08. The monoisotopic (exact) mass is 447 g/mol. The Labute approximate surface area is 193 Å². The molecule has 7 heteroatoms. The van der Waals surface area contributed by atoms with Gasteiger partial charge in [-0.2, -0.15) is 0 Å². The molecule has 1 aliphatic rings. The molecule has 0 spiro atoms. The second-order valence-corrected chi connectivity index (χ2v) is 8.25. The van der Waals surface area contributed by atoms with Gasteiger partial charge in [0.05, 0.1) is 31.3 Å². The fourth-order valence-corrected chi connectivity index (χ4v) is 4.52. The van der Waals surface area contributed by atoms with Crippen LogP contribution in [0.5, 0.6) is 11.5 Å². The molecular formula is C26H29N3O4. The summed E-state index contributed by atoms with van der Waals surface area (Å²) in [5, 5.41) is 1.42. The number of benzene rings is 1. The van der Waals surface area contributed by atoms with Crippen LogP contribution in [0.3, 0.4) is 0 Å². The third-order valence-electron chi connectivity index (χ3n) is 6.15. The van der Waals surface area contributed by atoms with Gasteiger partial charge >= 0.3 is 0 Å². The molecule has 1 atom stereocenters. The van der Waals surface area contributed by atoms with E-state index < -0.39 is 0 Å². The maximum Gasteiger partial charge on any atom is 0.259 e. The highest BCUT2D eigenvalue weighted by Gasteiger charge is 2.24. The van der Waals surface area contributed by atoms with Gasteiger partial charge in [-0.25, -0.2) is 0 Å². The summed E-state index contributed by atoms with van der Waals surface area (Å²) in [6, 6.07) is 5.88. The van der Waals surface area contributed by atoms with Gasteiger partial charge in [-0.1, -0.05) is 5.92 Å². The number of rotatable bonds is 7. The average Bonchev–Trinajstić information content (AvgIpc) is 2.85. The molecule has 33 heavy (non-hydrogen) atoms. The minimum atomic E-state index is -0.0795. The van der Waals surface area contributed by atoms with E-state index in [4.69, 9.17) is 20.6 Å². The molecule has 0 aliphatic carbocycles. The minimum absolute atomic E-state index is 0.0795. The highest BCUT2D eigenvalue weighted by atomic mass is 16.5. The molecule has 1 unspecified atom stereocenters. The Bertz CT molecular complexity index is 1220. The predicted molar refractivity (Wildman–Crippen MR) is 129 cm³/mol. The Balaban J connectivity index is 1.72. The van der Waals surface area contributed by atoms with Crippen LogP contribution in [-0.4, -0.2) is 54.5 Å². The van der Waals surface area contributed by atoms with E-state index in [0.29, 0.717) is 18.5 Å². The van der Waals surface area contributed by atoms with E-state index in [1.807, 2.05) is 24.4 Å². The van der Waals surface area contributed by atoms with E-state index >= 15 is 0 Å². The van der Waals surface area contributed by atoms with Crippen LogP contribution < -0.4 is 15.0 Å². The van der Waals surface area contributed by atoms with Crippen molar-refractivity contribution in [2.24, 2.45) is 7.05 Å². The van der Waals surface area contributed by atoms with E-state index in [1.54, 1.807) is 38.2 Å². The lowest BCUT2D eigenvalue weighted by molar-refractivity contribution is 0.0128. The molecule has 7 nitrogen and oxygen atoms in total. The van der Waals surface area contributed by atoms with E-state index in [9.17, 15) is 4.79 Å². The number of hydrogen-bond acceptors (Lipinski definition) is 6. The molecule has 1 aromatic carbocycles. The van der Waals surface area contributed by atoms with Gasteiger partial charge in [0.2, 0.25) is 0 Å². The molecule has 0 saturated carbocycles. The Hall–Kier alpha value is -3.34. The third-order valence-corrected chi connectivity index (χ3v) is 6.15. The lowest BCUT2D eigenvalue weighted by atomic mass is 9.98. The molecule has 1 fully saturated rings. The minimum Gasteiger partial charge on any atom is -0.496 e. The van der Waals surface area contributed by atoms with Gasteiger partial charge in [0, 0.05) is 44.3 Å². The molecule has 0 radical (unpaired) electrons. The van der Waals surface area contributed by atoms with E-state index in [1.165, 1.54) is 0 Å². The number of methoxy groups -OCH3 is 2. The van der Waals surface area contributed by atoms with E-state index in [0.717, 1.165) is 59.5 Å². The van der Waals surface area contributed by atoms with Crippen LogP contribution >= 0.6 is 0 Å². The topological polar surface area (TPSA) is 65.8 Å². The predicted octanol–water partition coefficient (Wildman–Crippen LogP) is 3.23. The Morgan fingerprint density at radius 2 is 1.97 bits per heavy atom.